The first kappa shape index (κ1) is 22.1. The molecule has 0 radical (unpaired) electrons. The Hall–Kier alpha value is -3.11. The fourth-order valence-corrected chi connectivity index (χ4v) is 4.24. The number of benzene rings is 3. The van der Waals surface area contributed by atoms with E-state index in [9.17, 15) is 0 Å². The van der Waals surface area contributed by atoms with Gasteiger partial charge in [0.25, 0.3) is 0 Å². The zero-order valence-electron chi connectivity index (χ0n) is 19.4. The van der Waals surface area contributed by atoms with E-state index in [1.54, 1.807) is 0 Å². The highest BCUT2D eigenvalue weighted by Gasteiger charge is 2.13. The van der Waals surface area contributed by atoms with Crippen molar-refractivity contribution in [2.45, 2.75) is 46.7 Å². The van der Waals surface area contributed by atoms with Gasteiger partial charge in [-0.15, -0.1) is 0 Å². The Morgan fingerprint density at radius 3 is 2.50 bits per heavy atom. The zero-order valence-corrected chi connectivity index (χ0v) is 19.4. The van der Waals surface area contributed by atoms with Gasteiger partial charge >= 0.3 is 0 Å². The minimum atomic E-state index is 0.628. The smallest absolute Gasteiger partial charge is 0.121 e. The molecule has 0 aliphatic carbocycles. The maximum atomic E-state index is 5.66. The van der Waals surface area contributed by atoms with Crippen LogP contribution in [0, 0.1) is 13.8 Å². The van der Waals surface area contributed by atoms with Crippen molar-refractivity contribution >= 4 is 21.8 Å². The molecule has 166 valence electrons. The van der Waals surface area contributed by atoms with Crippen LogP contribution in [0.5, 0.6) is 0 Å². The molecule has 1 aromatic heterocycles. The third-order valence-corrected chi connectivity index (χ3v) is 6.04. The summed E-state index contributed by atoms with van der Waals surface area (Å²) in [6.45, 7) is 9.94. The summed E-state index contributed by atoms with van der Waals surface area (Å²) in [7, 11) is 0. The molecule has 0 aliphatic rings. The lowest BCUT2D eigenvalue weighted by molar-refractivity contribution is 0.135. The molecule has 0 bridgehead atoms. The molecule has 4 heteroatoms. The number of pyridine rings is 1. The number of nitrogens with zero attached hydrogens (tertiary/aromatic N) is 2. The molecule has 0 unspecified atom stereocenters. The molecule has 0 saturated heterocycles. The van der Waals surface area contributed by atoms with Crippen LogP contribution >= 0.6 is 0 Å². The predicted molar refractivity (Wildman–Crippen MR) is 133 cm³/mol. The molecular weight excluding hydrogens is 394 g/mol. The highest BCUT2D eigenvalue weighted by atomic mass is 16.6. The zero-order chi connectivity index (χ0) is 22.3. The molecule has 4 rings (SSSR count). The predicted octanol–water partition coefficient (Wildman–Crippen LogP) is 5.83. The fourth-order valence-electron chi connectivity index (χ4n) is 4.24. The van der Waals surface area contributed by atoms with Gasteiger partial charge in [-0.25, -0.2) is 0 Å². The van der Waals surface area contributed by atoms with Crippen LogP contribution in [0.4, 0.5) is 0 Å². The lowest BCUT2D eigenvalue weighted by Crippen LogP contribution is -2.19. The molecule has 4 nitrogen and oxygen atoms in total. The van der Waals surface area contributed by atoms with E-state index in [2.05, 4.69) is 103 Å². The van der Waals surface area contributed by atoms with Crippen molar-refractivity contribution in [2.24, 2.45) is 5.16 Å². The number of hydrogen-bond acceptors (Lipinski definition) is 3. The van der Waals surface area contributed by atoms with Crippen LogP contribution in [0.25, 0.3) is 21.8 Å². The van der Waals surface area contributed by atoms with Crippen LogP contribution in [0.2, 0.25) is 0 Å². The van der Waals surface area contributed by atoms with Crippen LogP contribution in [0.15, 0.2) is 71.9 Å². The van der Waals surface area contributed by atoms with Crippen molar-refractivity contribution in [3.63, 3.8) is 0 Å². The average molecular weight is 428 g/mol. The third-order valence-electron chi connectivity index (χ3n) is 6.04. The van der Waals surface area contributed by atoms with Gasteiger partial charge in [-0.3, -0.25) is 0 Å². The Kier molecular flexibility index (Phi) is 7.23. The van der Waals surface area contributed by atoms with Gasteiger partial charge in [0.2, 0.25) is 0 Å². The summed E-state index contributed by atoms with van der Waals surface area (Å²) >= 11 is 0. The standard InChI is InChI=1S/C28H33N3O/c1-4-19-32-30-27-24-13-8-9-14-26(24)31(28-22(3)21(2)15-16-25(27)28)18-10-17-29-20-23-11-6-5-7-12-23/h5-9,11-16,29H,4,10,17-20H2,1-3H3. The van der Waals surface area contributed by atoms with E-state index in [4.69, 9.17) is 4.84 Å². The summed E-state index contributed by atoms with van der Waals surface area (Å²) in [6, 6.07) is 23.5. The maximum Gasteiger partial charge on any atom is 0.121 e. The summed E-state index contributed by atoms with van der Waals surface area (Å²) in [5.74, 6) is 0. The van der Waals surface area contributed by atoms with Crippen molar-refractivity contribution in [1.82, 2.24) is 9.88 Å². The third kappa shape index (κ3) is 4.71. The van der Waals surface area contributed by atoms with Crippen LogP contribution in [-0.2, 0) is 17.9 Å². The lowest BCUT2D eigenvalue weighted by atomic mass is 10.0. The van der Waals surface area contributed by atoms with Crippen molar-refractivity contribution in [3.05, 3.63) is 88.8 Å². The Bertz CT molecular complexity index is 1260. The van der Waals surface area contributed by atoms with Gasteiger partial charge in [0.05, 0.1) is 11.0 Å². The van der Waals surface area contributed by atoms with E-state index >= 15 is 0 Å². The molecular formula is C28H33N3O. The number of para-hydroxylation sites is 1. The van der Waals surface area contributed by atoms with Gasteiger partial charge in [-0.1, -0.05) is 72.7 Å². The number of aromatic nitrogens is 1. The average Bonchev–Trinajstić information content (AvgIpc) is 2.83. The number of fused-ring (bicyclic) bond motifs is 2. The van der Waals surface area contributed by atoms with E-state index in [1.807, 2.05) is 0 Å². The SMILES string of the molecule is CCCON=c1c2ccccc2n(CCCNCc2ccccc2)c2c(C)c(C)ccc12. The van der Waals surface area contributed by atoms with Gasteiger partial charge < -0.3 is 14.7 Å². The molecule has 32 heavy (non-hydrogen) atoms. The topological polar surface area (TPSA) is 38.5 Å². The summed E-state index contributed by atoms with van der Waals surface area (Å²) < 4.78 is 2.47. The maximum absolute atomic E-state index is 5.66. The summed E-state index contributed by atoms with van der Waals surface area (Å²) in [5, 5.41) is 11.4. The molecule has 0 fully saturated rings. The molecule has 3 aromatic carbocycles. The van der Waals surface area contributed by atoms with Crippen molar-refractivity contribution < 1.29 is 4.84 Å². The van der Waals surface area contributed by atoms with Crippen LogP contribution in [0.3, 0.4) is 0 Å². The molecule has 0 spiro atoms. The highest BCUT2D eigenvalue weighted by Crippen LogP contribution is 2.25. The molecule has 1 N–H and O–H groups in total. The van der Waals surface area contributed by atoms with Gasteiger partial charge in [-0.2, -0.15) is 0 Å². The molecule has 0 saturated carbocycles. The van der Waals surface area contributed by atoms with Crippen LogP contribution in [0.1, 0.15) is 36.5 Å². The number of nitrogens with one attached hydrogen (secondary N) is 1. The summed E-state index contributed by atoms with van der Waals surface area (Å²) in [4.78, 5) is 5.66. The number of hydrogen-bond donors (Lipinski definition) is 1. The van der Waals surface area contributed by atoms with E-state index in [1.165, 1.54) is 27.7 Å². The summed E-state index contributed by atoms with van der Waals surface area (Å²) in [6.07, 6.45) is 1.99. The first-order valence-electron chi connectivity index (χ1n) is 11.6. The number of rotatable bonds is 9. The minimum absolute atomic E-state index is 0.628. The second-order valence-corrected chi connectivity index (χ2v) is 8.36. The van der Waals surface area contributed by atoms with E-state index < -0.39 is 0 Å². The van der Waals surface area contributed by atoms with Crippen LogP contribution in [-0.4, -0.2) is 17.7 Å². The Morgan fingerprint density at radius 2 is 1.69 bits per heavy atom. The largest absolute Gasteiger partial charge is 0.395 e. The monoisotopic (exact) mass is 427 g/mol. The fraction of sp³-hybridized carbons (Fsp3) is 0.321. The van der Waals surface area contributed by atoms with Gasteiger partial charge in [0.15, 0.2) is 0 Å². The van der Waals surface area contributed by atoms with Crippen molar-refractivity contribution in [1.29, 1.82) is 0 Å². The van der Waals surface area contributed by atoms with E-state index in [0.29, 0.717) is 6.61 Å². The minimum Gasteiger partial charge on any atom is -0.395 e. The van der Waals surface area contributed by atoms with Gasteiger partial charge in [0.1, 0.15) is 12.0 Å². The lowest BCUT2D eigenvalue weighted by Gasteiger charge is -2.19. The molecule has 0 atom stereocenters. The van der Waals surface area contributed by atoms with Crippen molar-refractivity contribution in [3.8, 4) is 0 Å². The molecule has 1 heterocycles. The van der Waals surface area contributed by atoms with Crippen LogP contribution < -0.4 is 10.7 Å². The summed E-state index contributed by atoms with van der Waals surface area (Å²) in [5.41, 5.74) is 6.38. The van der Waals surface area contributed by atoms with Gasteiger partial charge in [-0.05, 0) is 56.0 Å². The first-order valence-corrected chi connectivity index (χ1v) is 11.6. The Morgan fingerprint density at radius 1 is 0.906 bits per heavy atom. The second-order valence-electron chi connectivity index (χ2n) is 8.36. The normalized spacial score (nSPS) is 12.0. The quantitative estimate of drug-likeness (QED) is 0.207. The highest BCUT2D eigenvalue weighted by molar-refractivity contribution is 5.95. The van der Waals surface area contributed by atoms with Gasteiger partial charge in [0, 0.05) is 23.9 Å². The first-order chi connectivity index (χ1) is 15.7. The van der Waals surface area contributed by atoms with E-state index in [0.717, 1.165) is 48.6 Å². The Balaban J connectivity index is 1.70. The van der Waals surface area contributed by atoms with E-state index in [-0.39, 0.29) is 0 Å². The van der Waals surface area contributed by atoms with Crippen molar-refractivity contribution in [2.75, 3.05) is 13.2 Å². The Labute approximate surface area is 190 Å². The number of aryl methyl sites for hydroxylation is 3. The molecule has 0 amide bonds. The molecule has 4 aromatic rings. The second kappa shape index (κ2) is 10.5. The molecule has 0 aliphatic heterocycles.